The molecular formula is C16H21ClN4O2S. The lowest BCUT2D eigenvalue weighted by Gasteiger charge is -2.12. The van der Waals surface area contributed by atoms with Gasteiger partial charge in [-0.25, -0.2) is 4.98 Å². The summed E-state index contributed by atoms with van der Waals surface area (Å²) in [5.74, 6) is -0.217. The first kappa shape index (κ1) is 20.1. The summed E-state index contributed by atoms with van der Waals surface area (Å²) in [4.78, 5) is 28.6. The van der Waals surface area contributed by atoms with E-state index in [1.54, 1.807) is 29.6 Å². The number of hydrogen-bond acceptors (Lipinski definition) is 5. The van der Waals surface area contributed by atoms with Crippen molar-refractivity contribution >= 4 is 41.2 Å². The van der Waals surface area contributed by atoms with Crippen molar-refractivity contribution in [2.75, 3.05) is 11.9 Å². The van der Waals surface area contributed by atoms with E-state index in [2.05, 4.69) is 15.6 Å². The molecule has 1 heterocycles. The monoisotopic (exact) mass is 368 g/mol. The second kappa shape index (κ2) is 9.36. The average molecular weight is 369 g/mol. The molecule has 0 bridgehead atoms. The minimum Gasteiger partial charge on any atom is -0.352 e. The zero-order valence-corrected chi connectivity index (χ0v) is 15.2. The molecule has 0 spiro atoms. The molecule has 4 N–H and O–H groups in total. The third-order valence-electron chi connectivity index (χ3n) is 3.05. The van der Waals surface area contributed by atoms with Gasteiger partial charge in [-0.2, -0.15) is 0 Å². The molecule has 1 aromatic heterocycles. The number of benzene rings is 1. The Morgan fingerprint density at radius 1 is 1.25 bits per heavy atom. The number of thiazole rings is 1. The quantitative estimate of drug-likeness (QED) is 0.730. The van der Waals surface area contributed by atoms with E-state index in [4.69, 9.17) is 5.73 Å². The topological polar surface area (TPSA) is 97.1 Å². The summed E-state index contributed by atoms with van der Waals surface area (Å²) in [6, 6.07) is 6.90. The smallest absolute Gasteiger partial charge is 0.275 e. The number of nitrogens with one attached hydrogen (secondary N) is 2. The van der Waals surface area contributed by atoms with Crippen LogP contribution in [0.1, 0.15) is 39.7 Å². The fourth-order valence-corrected chi connectivity index (χ4v) is 2.53. The number of hydrogen-bond donors (Lipinski definition) is 3. The summed E-state index contributed by atoms with van der Waals surface area (Å²) < 4.78 is 0. The molecule has 0 saturated carbocycles. The highest BCUT2D eigenvalue weighted by Gasteiger charge is 2.15. The number of rotatable bonds is 6. The first-order valence-electron chi connectivity index (χ1n) is 7.34. The zero-order chi connectivity index (χ0) is 16.8. The minimum absolute atomic E-state index is 0. The first-order chi connectivity index (χ1) is 11.0. The number of anilines is 1. The average Bonchev–Trinajstić information content (AvgIpc) is 3.02. The van der Waals surface area contributed by atoms with Crippen LogP contribution in [0.3, 0.4) is 0 Å². The molecular weight excluding hydrogens is 348 g/mol. The number of carbonyl (C=O) groups is 2. The van der Waals surface area contributed by atoms with Crippen LogP contribution in [0, 0.1) is 5.92 Å². The number of carbonyl (C=O) groups excluding carboxylic acids is 2. The molecule has 6 nitrogen and oxygen atoms in total. The van der Waals surface area contributed by atoms with Crippen molar-refractivity contribution in [1.82, 2.24) is 10.3 Å². The summed E-state index contributed by atoms with van der Waals surface area (Å²) >= 11 is 1.33. The van der Waals surface area contributed by atoms with Crippen molar-refractivity contribution in [2.24, 2.45) is 11.7 Å². The van der Waals surface area contributed by atoms with Crippen molar-refractivity contribution in [1.29, 1.82) is 0 Å². The molecule has 1 aromatic carbocycles. The Bertz CT molecular complexity index is 703. The van der Waals surface area contributed by atoms with Crippen molar-refractivity contribution in [2.45, 2.75) is 20.4 Å². The predicted molar refractivity (Wildman–Crippen MR) is 98.8 cm³/mol. The van der Waals surface area contributed by atoms with Gasteiger partial charge >= 0.3 is 0 Å². The molecule has 130 valence electrons. The van der Waals surface area contributed by atoms with E-state index in [0.717, 1.165) is 0 Å². The molecule has 0 atom stereocenters. The van der Waals surface area contributed by atoms with Crippen molar-refractivity contribution in [3.63, 3.8) is 0 Å². The highest BCUT2D eigenvalue weighted by molar-refractivity contribution is 7.09. The Kier molecular flexibility index (Phi) is 7.84. The SMILES string of the molecule is CC(C)CNC(=O)c1ccccc1NC(=O)c1csc(CN)n1.Cl. The van der Waals surface area contributed by atoms with Crippen molar-refractivity contribution in [3.8, 4) is 0 Å². The summed E-state index contributed by atoms with van der Waals surface area (Å²) in [6.45, 7) is 4.91. The lowest BCUT2D eigenvalue weighted by atomic mass is 10.1. The molecule has 0 saturated heterocycles. The van der Waals surface area contributed by atoms with Crippen LogP contribution in [-0.2, 0) is 6.54 Å². The van der Waals surface area contributed by atoms with Crippen LogP contribution in [0.25, 0.3) is 0 Å². The second-order valence-electron chi connectivity index (χ2n) is 5.43. The molecule has 2 aromatic rings. The standard InChI is InChI=1S/C16H20N4O2S.ClH/c1-10(2)8-18-15(21)11-5-3-4-6-12(11)20-16(22)13-9-23-14(7-17)19-13;/h3-6,9-10H,7-8,17H2,1-2H3,(H,18,21)(H,20,22);1H. The van der Waals surface area contributed by atoms with Gasteiger partial charge in [0.25, 0.3) is 11.8 Å². The van der Waals surface area contributed by atoms with E-state index >= 15 is 0 Å². The molecule has 0 radical (unpaired) electrons. The van der Waals surface area contributed by atoms with E-state index < -0.39 is 0 Å². The summed E-state index contributed by atoms with van der Waals surface area (Å²) in [5.41, 5.74) is 6.69. The fourth-order valence-electron chi connectivity index (χ4n) is 1.88. The maximum Gasteiger partial charge on any atom is 0.275 e. The lowest BCUT2D eigenvalue weighted by molar-refractivity contribution is 0.0950. The maximum absolute atomic E-state index is 12.2. The van der Waals surface area contributed by atoms with Crippen LogP contribution in [0.15, 0.2) is 29.6 Å². The summed E-state index contributed by atoms with van der Waals surface area (Å²) in [7, 11) is 0. The fraction of sp³-hybridized carbons (Fsp3) is 0.312. The van der Waals surface area contributed by atoms with Crippen LogP contribution in [-0.4, -0.2) is 23.3 Å². The van der Waals surface area contributed by atoms with Crippen molar-refractivity contribution in [3.05, 3.63) is 45.9 Å². The Morgan fingerprint density at radius 3 is 2.58 bits per heavy atom. The number of nitrogens with zero attached hydrogens (tertiary/aromatic N) is 1. The van der Waals surface area contributed by atoms with Gasteiger partial charge in [-0.05, 0) is 18.1 Å². The Labute approximate surface area is 151 Å². The normalized spacial score (nSPS) is 10.2. The molecule has 0 fully saturated rings. The number of nitrogens with two attached hydrogens (primary N) is 1. The minimum atomic E-state index is -0.356. The molecule has 0 aliphatic rings. The maximum atomic E-state index is 12.2. The molecule has 2 amide bonds. The molecule has 0 aliphatic heterocycles. The van der Waals surface area contributed by atoms with Crippen LogP contribution in [0.5, 0.6) is 0 Å². The van der Waals surface area contributed by atoms with Gasteiger partial charge in [0, 0.05) is 18.5 Å². The Balaban J connectivity index is 0.00000288. The highest BCUT2D eigenvalue weighted by atomic mass is 35.5. The van der Waals surface area contributed by atoms with Gasteiger partial charge < -0.3 is 16.4 Å². The van der Waals surface area contributed by atoms with Gasteiger partial charge in [0.15, 0.2) is 0 Å². The predicted octanol–water partition coefficient (Wildman–Crippen LogP) is 2.66. The van der Waals surface area contributed by atoms with Crippen LogP contribution >= 0.6 is 23.7 Å². The Hall–Kier alpha value is -1.96. The van der Waals surface area contributed by atoms with Gasteiger partial charge in [0.05, 0.1) is 11.3 Å². The molecule has 0 unspecified atom stereocenters. The third-order valence-corrected chi connectivity index (χ3v) is 3.92. The summed E-state index contributed by atoms with van der Waals surface area (Å²) in [5, 5.41) is 7.93. The van der Waals surface area contributed by atoms with Gasteiger partial charge in [0.2, 0.25) is 0 Å². The van der Waals surface area contributed by atoms with E-state index in [0.29, 0.717) is 41.0 Å². The number of halogens is 1. The largest absolute Gasteiger partial charge is 0.352 e. The van der Waals surface area contributed by atoms with E-state index in [9.17, 15) is 9.59 Å². The van der Waals surface area contributed by atoms with E-state index in [1.165, 1.54) is 11.3 Å². The Morgan fingerprint density at radius 2 is 1.96 bits per heavy atom. The summed E-state index contributed by atoms with van der Waals surface area (Å²) in [6.07, 6.45) is 0. The number of para-hydroxylation sites is 1. The zero-order valence-electron chi connectivity index (χ0n) is 13.5. The number of aromatic nitrogens is 1. The molecule has 8 heteroatoms. The van der Waals surface area contributed by atoms with Gasteiger partial charge in [-0.1, -0.05) is 26.0 Å². The van der Waals surface area contributed by atoms with Gasteiger partial charge in [-0.3, -0.25) is 9.59 Å². The molecule has 24 heavy (non-hydrogen) atoms. The second-order valence-corrected chi connectivity index (χ2v) is 6.38. The van der Waals surface area contributed by atoms with Crippen LogP contribution in [0.2, 0.25) is 0 Å². The molecule has 0 aliphatic carbocycles. The third kappa shape index (κ3) is 5.30. The van der Waals surface area contributed by atoms with Crippen molar-refractivity contribution < 1.29 is 9.59 Å². The highest BCUT2D eigenvalue weighted by Crippen LogP contribution is 2.17. The van der Waals surface area contributed by atoms with Gasteiger partial charge in [-0.15, -0.1) is 23.7 Å². The first-order valence-corrected chi connectivity index (χ1v) is 8.22. The number of amides is 2. The van der Waals surface area contributed by atoms with E-state index in [-0.39, 0.29) is 24.2 Å². The van der Waals surface area contributed by atoms with Crippen LogP contribution < -0.4 is 16.4 Å². The lowest BCUT2D eigenvalue weighted by Crippen LogP contribution is -2.28. The van der Waals surface area contributed by atoms with E-state index in [1.807, 2.05) is 13.8 Å². The molecule has 2 rings (SSSR count). The van der Waals surface area contributed by atoms with Gasteiger partial charge in [0.1, 0.15) is 10.7 Å². The van der Waals surface area contributed by atoms with Crippen LogP contribution in [0.4, 0.5) is 5.69 Å².